The van der Waals surface area contributed by atoms with Crippen molar-refractivity contribution in [2.75, 3.05) is 26.3 Å². The third-order valence-electron chi connectivity index (χ3n) is 4.57. The Kier molecular flexibility index (Phi) is 4.31. The van der Waals surface area contributed by atoms with E-state index >= 15 is 0 Å². The van der Waals surface area contributed by atoms with Gasteiger partial charge in [0, 0.05) is 18.5 Å². The van der Waals surface area contributed by atoms with E-state index in [1.54, 1.807) is 0 Å². The number of hydrogen-bond donors (Lipinski definition) is 1. The molecule has 0 amide bonds. The maximum atomic E-state index is 6.30. The molecule has 2 N–H and O–H groups in total. The van der Waals surface area contributed by atoms with E-state index in [1.165, 1.54) is 11.1 Å². The van der Waals surface area contributed by atoms with Crippen LogP contribution in [0.2, 0.25) is 0 Å². The molecule has 0 aromatic heterocycles. The molecule has 2 saturated heterocycles. The van der Waals surface area contributed by atoms with Gasteiger partial charge in [-0.3, -0.25) is 4.90 Å². The van der Waals surface area contributed by atoms with Gasteiger partial charge < -0.3 is 15.2 Å². The van der Waals surface area contributed by atoms with E-state index in [1.807, 2.05) is 0 Å². The van der Waals surface area contributed by atoms with Crippen molar-refractivity contribution in [3.63, 3.8) is 0 Å². The van der Waals surface area contributed by atoms with Gasteiger partial charge in [0.1, 0.15) is 0 Å². The predicted molar refractivity (Wildman–Crippen MR) is 83.0 cm³/mol. The Morgan fingerprint density at radius 3 is 2.48 bits per heavy atom. The van der Waals surface area contributed by atoms with Crippen LogP contribution in [0.1, 0.15) is 36.9 Å². The Bertz CT molecular complexity index is 466. The van der Waals surface area contributed by atoms with E-state index in [0.29, 0.717) is 13.2 Å². The zero-order chi connectivity index (χ0) is 14.9. The van der Waals surface area contributed by atoms with Crippen LogP contribution in [0.3, 0.4) is 0 Å². The molecule has 2 atom stereocenters. The fourth-order valence-electron chi connectivity index (χ4n) is 3.60. The lowest BCUT2D eigenvalue weighted by Gasteiger charge is -2.43. The zero-order valence-corrected chi connectivity index (χ0v) is 13.0. The summed E-state index contributed by atoms with van der Waals surface area (Å²) in [5.74, 6) is -0.393. The van der Waals surface area contributed by atoms with E-state index in [9.17, 15) is 0 Å². The Morgan fingerprint density at radius 1 is 1.19 bits per heavy atom. The van der Waals surface area contributed by atoms with Crippen LogP contribution in [0.4, 0.5) is 0 Å². The van der Waals surface area contributed by atoms with Gasteiger partial charge in [0.25, 0.3) is 0 Å². The lowest BCUT2D eigenvalue weighted by molar-refractivity contribution is -0.194. The molecule has 0 aliphatic carbocycles. The average Bonchev–Trinajstić information content (AvgIpc) is 2.89. The minimum Gasteiger partial charge on any atom is -0.346 e. The lowest BCUT2D eigenvalue weighted by Crippen LogP contribution is -2.52. The summed E-state index contributed by atoms with van der Waals surface area (Å²) in [7, 11) is 0. The first-order valence-electron chi connectivity index (χ1n) is 7.94. The first kappa shape index (κ1) is 15.0. The van der Waals surface area contributed by atoms with Crippen molar-refractivity contribution in [3.05, 3.63) is 35.4 Å². The molecular weight excluding hydrogens is 264 g/mol. The van der Waals surface area contributed by atoms with Gasteiger partial charge in [0.2, 0.25) is 0 Å². The first-order valence-corrected chi connectivity index (χ1v) is 7.94. The van der Waals surface area contributed by atoms with E-state index < -0.39 is 5.79 Å². The molecule has 0 radical (unpaired) electrons. The maximum Gasteiger partial charge on any atom is 0.181 e. The molecule has 2 fully saturated rings. The van der Waals surface area contributed by atoms with Gasteiger partial charge in [-0.15, -0.1) is 0 Å². The fourth-order valence-corrected chi connectivity index (χ4v) is 3.60. The second-order valence-electron chi connectivity index (χ2n) is 6.40. The van der Waals surface area contributed by atoms with Gasteiger partial charge in [-0.1, -0.05) is 29.8 Å². The van der Waals surface area contributed by atoms with E-state index in [2.05, 4.69) is 43.0 Å². The summed E-state index contributed by atoms with van der Waals surface area (Å²) in [6.45, 7) is 7.48. The van der Waals surface area contributed by atoms with Gasteiger partial charge in [0.15, 0.2) is 5.79 Å². The van der Waals surface area contributed by atoms with Crippen LogP contribution < -0.4 is 5.73 Å². The molecule has 21 heavy (non-hydrogen) atoms. The number of nitrogens with zero attached hydrogens (tertiary/aromatic N) is 1. The third kappa shape index (κ3) is 3.14. The van der Waals surface area contributed by atoms with Crippen LogP contribution >= 0.6 is 0 Å². The average molecular weight is 290 g/mol. The normalized spacial score (nSPS) is 25.1. The minimum atomic E-state index is -0.393. The highest BCUT2D eigenvalue weighted by Crippen LogP contribution is 2.35. The molecule has 0 saturated carbocycles. The van der Waals surface area contributed by atoms with Crippen molar-refractivity contribution in [3.8, 4) is 0 Å². The summed E-state index contributed by atoms with van der Waals surface area (Å²) in [5, 5.41) is 0. The van der Waals surface area contributed by atoms with Crippen LogP contribution in [-0.4, -0.2) is 43.0 Å². The highest BCUT2D eigenvalue weighted by molar-refractivity contribution is 5.25. The van der Waals surface area contributed by atoms with Crippen LogP contribution in [0, 0.1) is 6.92 Å². The van der Waals surface area contributed by atoms with E-state index in [4.69, 9.17) is 15.2 Å². The number of aryl methyl sites for hydroxylation is 1. The Labute approximate surface area is 127 Å². The van der Waals surface area contributed by atoms with Crippen molar-refractivity contribution in [2.45, 2.75) is 44.6 Å². The minimum absolute atomic E-state index is 0.0734. The van der Waals surface area contributed by atoms with Crippen LogP contribution in [0.25, 0.3) is 0 Å². The monoisotopic (exact) mass is 290 g/mol. The van der Waals surface area contributed by atoms with Gasteiger partial charge >= 0.3 is 0 Å². The first-order chi connectivity index (χ1) is 10.1. The Morgan fingerprint density at radius 2 is 1.86 bits per heavy atom. The molecule has 4 heteroatoms. The fraction of sp³-hybridized carbons (Fsp3) is 0.647. The van der Waals surface area contributed by atoms with Crippen molar-refractivity contribution < 1.29 is 9.47 Å². The Hall–Kier alpha value is -0.940. The molecule has 1 aromatic carbocycles. The van der Waals surface area contributed by atoms with Gasteiger partial charge in [0.05, 0.1) is 19.8 Å². The van der Waals surface area contributed by atoms with Crippen LogP contribution in [0.5, 0.6) is 0 Å². The molecule has 1 aromatic rings. The maximum absolute atomic E-state index is 6.30. The summed E-state index contributed by atoms with van der Waals surface area (Å²) < 4.78 is 11.8. The van der Waals surface area contributed by atoms with Crippen molar-refractivity contribution >= 4 is 0 Å². The van der Waals surface area contributed by atoms with Crippen molar-refractivity contribution in [1.82, 2.24) is 4.90 Å². The topological polar surface area (TPSA) is 47.7 Å². The summed E-state index contributed by atoms with van der Waals surface area (Å²) in [4.78, 5) is 2.43. The largest absolute Gasteiger partial charge is 0.346 e. The molecule has 1 spiro atoms. The number of benzene rings is 1. The molecule has 2 unspecified atom stereocenters. The molecule has 4 nitrogen and oxygen atoms in total. The number of likely N-dealkylation sites (tertiary alicyclic amines) is 1. The van der Waals surface area contributed by atoms with E-state index in [-0.39, 0.29) is 12.1 Å². The van der Waals surface area contributed by atoms with Gasteiger partial charge in [-0.05, 0) is 32.4 Å². The molecular formula is C17H26N2O2. The third-order valence-corrected chi connectivity index (χ3v) is 4.57. The van der Waals surface area contributed by atoms with Gasteiger partial charge in [-0.2, -0.15) is 0 Å². The standard InChI is InChI=1S/C17H26N2O2/c1-13-4-6-15(7-5-13)16(14(2)18)19-9-3-8-17(12-19)20-10-11-21-17/h4-7,14,16H,3,8-12,18H2,1-2H3. The van der Waals surface area contributed by atoms with Crippen LogP contribution in [0.15, 0.2) is 24.3 Å². The second kappa shape index (κ2) is 6.05. The van der Waals surface area contributed by atoms with E-state index in [0.717, 1.165) is 25.9 Å². The SMILES string of the molecule is Cc1ccc(C(C(C)N)N2CCCC3(C2)OCCO3)cc1. The van der Waals surface area contributed by atoms with Gasteiger partial charge in [-0.25, -0.2) is 0 Å². The smallest absolute Gasteiger partial charge is 0.181 e. The summed E-state index contributed by atoms with van der Waals surface area (Å²) in [6.07, 6.45) is 2.08. The molecule has 0 bridgehead atoms. The Balaban J connectivity index is 1.81. The summed E-state index contributed by atoms with van der Waals surface area (Å²) >= 11 is 0. The summed E-state index contributed by atoms with van der Waals surface area (Å²) in [6, 6.07) is 9.00. The molecule has 2 aliphatic rings. The lowest BCUT2D eigenvalue weighted by atomic mass is 9.94. The number of nitrogens with two attached hydrogens (primary N) is 1. The molecule has 2 aliphatic heterocycles. The van der Waals surface area contributed by atoms with Crippen molar-refractivity contribution in [2.24, 2.45) is 5.73 Å². The zero-order valence-electron chi connectivity index (χ0n) is 13.0. The van der Waals surface area contributed by atoms with Crippen molar-refractivity contribution in [1.29, 1.82) is 0 Å². The number of piperidine rings is 1. The highest BCUT2D eigenvalue weighted by Gasteiger charge is 2.43. The number of rotatable bonds is 3. The molecule has 3 rings (SSSR count). The molecule has 2 heterocycles. The summed E-state index contributed by atoms with van der Waals surface area (Å²) in [5.41, 5.74) is 8.86. The number of ether oxygens (including phenoxy) is 2. The van der Waals surface area contributed by atoms with Crippen LogP contribution in [-0.2, 0) is 9.47 Å². The highest BCUT2D eigenvalue weighted by atomic mass is 16.7. The number of hydrogen-bond acceptors (Lipinski definition) is 4. The quantitative estimate of drug-likeness (QED) is 0.927. The molecule has 116 valence electrons. The predicted octanol–water partition coefficient (Wildman–Crippen LogP) is 2.22. The second-order valence-corrected chi connectivity index (χ2v) is 6.40.